The van der Waals surface area contributed by atoms with Crippen LogP contribution in [0.25, 0.3) is 0 Å². The van der Waals surface area contributed by atoms with Crippen LogP contribution in [0.4, 0.5) is 4.79 Å². The molecule has 1 aliphatic heterocycles. The Balaban J connectivity index is 0.00000512. The van der Waals surface area contributed by atoms with E-state index in [1.54, 1.807) is 17.3 Å². The van der Waals surface area contributed by atoms with Gasteiger partial charge in [0.15, 0.2) is 5.96 Å². The zero-order chi connectivity index (χ0) is 22.5. The summed E-state index contributed by atoms with van der Waals surface area (Å²) < 4.78 is 10.9. The lowest BCUT2D eigenvalue weighted by Crippen LogP contribution is -2.39. The third kappa shape index (κ3) is 12.4. The largest absolute Gasteiger partial charge is 0.444 e. The Labute approximate surface area is 209 Å². The molecule has 0 bridgehead atoms. The van der Waals surface area contributed by atoms with Crippen molar-refractivity contribution in [2.75, 3.05) is 52.5 Å². The first-order chi connectivity index (χ1) is 14.8. The second-order valence-corrected chi connectivity index (χ2v) is 8.62. The minimum atomic E-state index is -0.544. The fourth-order valence-electron chi connectivity index (χ4n) is 3.13. The van der Waals surface area contributed by atoms with Crippen molar-refractivity contribution in [3.63, 3.8) is 0 Å². The number of halogens is 1. The molecule has 0 aromatic carbocycles. The van der Waals surface area contributed by atoms with Gasteiger partial charge in [-0.15, -0.1) is 24.0 Å². The predicted octanol–water partition coefficient (Wildman–Crippen LogP) is 2.45. The Morgan fingerprint density at radius 1 is 1.34 bits per heavy atom. The number of morpholine rings is 1. The molecule has 0 radical (unpaired) electrons. The van der Waals surface area contributed by atoms with Gasteiger partial charge < -0.3 is 25.4 Å². The normalized spacial score (nSPS) is 15.0. The van der Waals surface area contributed by atoms with Crippen LogP contribution >= 0.6 is 24.0 Å². The summed E-state index contributed by atoms with van der Waals surface area (Å²) in [5, 5.41) is 3.16. The van der Waals surface area contributed by atoms with Crippen LogP contribution in [-0.2, 0) is 16.0 Å². The summed E-state index contributed by atoms with van der Waals surface area (Å²) in [7, 11) is 0. The molecular weight excluding hydrogens is 523 g/mol. The highest BCUT2D eigenvalue weighted by Gasteiger charge is 2.22. The van der Waals surface area contributed by atoms with Crippen LogP contribution in [0.15, 0.2) is 29.5 Å². The highest BCUT2D eigenvalue weighted by atomic mass is 127. The van der Waals surface area contributed by atoms with Gasteiger partial charge in [0.05, 0.1) is 19.8 Å². The van der Waals surface area contributed by atoms with E-state index in [-0.39, 0.29) is 30.1 Å². The minimum Gasteiger partial charge on any atom is -0.444 e. The first kappa shape index (κ1) is 28.4. The number of carbonyl (C=O) groups excluding carboxylic acids is 1. The van der Waals surface area contributed by atoms with Crippen molar-refractivity contribution in [1.29, 1.82) is 0 Å². The van der Waals surface area contributed by atoms with E-state index in [1.807, 2.05) is 32.9 Å². The van der Waals surface area contributed by atoms with E-state index in [4.69, 9.17) is 15.2 Å². The van der Waals surface area contributed by atoms with Crippen molar-refractivity contribution in [3.05, 3.63) is 30.1 Å². The van der Waals surface area contributed by atoms with E-state index in [2.05, 4.69) is 20.2 Å². The number of nitrogens with two attached hydrogens (primary N) is 1. The number of aromatic nitrogens is 1. The Hall–Kier alpha value is -1.66. The van der Waals surface area contributed by atoms with Gasteiger partial charge in [0.2, 0.25) is 0 Å². The fourth-order valence-corrected chi connectivity index (χ4v) is 3.13. The first-order valence-electron chi connectivity index (χ1n) is 11.0. The Morgan fingerprint density at radius 3 is 2.75 bits per heavy atom. The van der Waals surface area contributed by atoms with Crippen LogP contribution < -0.4 is 11.1 Å². The van der Waals surface area contributed by atoms with Crippen LogP contribution in [-0.4, -0.2) is 84.9 Å². The summed E-state index contributed by atoms with van der Waals surface area (Å²) >= 11 is 0. The molecule has 1 aliphatic rings. The molecule has 32 heavy (non-hydrogen) atoms. The van der Waals surface area contributed by atoms with Gasteiger partial charge in [0.25, 0.3) is 0 Å². The standard InChI is InChI=1S/C22H38N6O3.HI/c1-22(2,3)31-21(29)28(18-19-7-4-8-24-17-19)12-6-10-26-20(23)25-9-5-11-27-13-15-30-16-14-27;/h4,7-8,17H,5-6,9-16,18H2,1-3H3,(H3,23,25,26);1H. The lowest BCUT2D eigenvalue weighted by Gasteiger charge is -2.27. The van der Waals surface area contributed by atoms with Gasteiger partial charge in [-0.2, -0.15) is 0 Å². The monoisotopic (exact) mass is 562 g/mol. The number of carbonyl (C=O) groups is 1. The molecule has 1 aromatic rings. The maximum absolute atomic E-state index is 12.6. The summed E-state index contributed by atoms with van der Waals surface area (Å²) in [5.41, 5.74) is 6.38. The average molecular weight is 562 g/mol. The zero-order valence-corrected chi connectivity index (χ0v) is 21.9. The maximum atomic E-state index is 12.6. The number of ether oxygens (including phenoxy) is 2. The quantitative estimate of drug-likeness (QED) is 0.195. The summed E-state index contributed by atoms with van der Waals surface area (Å²) in [5.74, 6) is 0.443. The average Bonchev–Trinajstić information content (AvgIpc) is 2.73. The number of nitrogens with one attached hydrogen (secondary N) is 1. The number of hydrogen-bond donors (Lipinski definition) is 2. The molecule has 3 N–H and O–H groups in total. The third-order valence-corrected chi connectivity index (χ3v) is 4.68. The van der Waals surface area contributed by atoms with Gasteiger partial charge in [-0.05, 0) is 51.8 Å². The molecule has 0 unspecified atom stereocenters. The summed E-state index contributed by atoms with van der Waals surface area (Å²) in [6.07, 6.45) is 4.83. The number of aliphatic imine (C=N–C) groups is 1. The predicted molar refractivity (Wildman–Crippen MR) is 137 cm³/mol. The Morgan fingerprint density at radius 2 is 2.09 bits per heavy atom. The summed E-state index contributed by atoms with van der Waals surface area (Å²) in [6.45, 7) is 12.5. The van der Waals surface area contributed by atoms with E-state index in [0.717, 1.165) is 51.4 Å². The number of amides is 1. The smallest absolute Gasteiger partial charge is 0.410 e. The van der Waals surface area contributed by atoms with Gasteiger partial charge >= 0.3 is 6.09 Å². The van der Waals surface area contributed by atoms with Gasteiger partial charge in [-0.1, -0.05) is 6.07 Å². The molecule has 0 saturated carbocycles. The molecule has 0 spiro atoms. The SMILES string of the molecule is CC(C)(C)OC(=O)N(CCCN=C(N)NCCCN1CCOCC1)Cc1cccnc1.I. The molecular formula is C22H39IN6O3. The highest BCUT2D eigenvalue weighted by molar-refractivity contribution is 14.0. The van der Waals surface area contributed by atoms with Crippen LogP contribution in [0.1, 0.15) is 39.2 Å². The van der Waals surface area contributed by atoms with E-state index < -0.39 is 5.60 Å². The number of nitrogens with zero attached hydrogens (tertiary/aromatic N) is 4. The molecule has 1 aromatic heterocycles. The van der Waals surface area contributed by atoms with Crippen molar-refractivity contribution < 1.29 is 14.3 Å². The number of hydrogen-bond acceptors (Lipinski definition) is 6. The Bertz CT molecular complexity index is 678. The van der Waals surface area contributed by atoms with E-state index in [1.165, 1.54) is 0 Å². The molecule has 1 saturated heterocycles. The van der Waals surface area contributed by atoms with E-state index in [9.17, 15) is 4.79 Å². The minimum absolute atomic E-state index is 0. The number of pyridine rings is 1. The first-order valence-corrected chi connectivity index (χ1v) is 11.0. The molecule has 2 heterocycles. The topological polar surface area (TPSA) is 105 Å². The second kappa shape index (κ2) is 15.2. The lowest BCUT2D eigenvalue weighted by atomic mass is 10.2. The summed E-state index contributed by atoms with van der Waals surface area (Å²) in [4.78, 5) is 25.2. The lowest BCUT2D eigenvalue weighted by molar-refractivity contribution is 0.0232. The van der Waals surface area contributed by atoms with Crippen LogP contribution in [0.3, 0.4) is 0 Å². The van der Waals surface area contributed by atoms with Gasteiger partial charge in [0.1, 0.15) is 5.60 Å². The van der Waals surface area contributed by atoms with Gasteiger partial charge in [-0.3, -0.25) is 14.9 Å². The molecule has 0 atom stereocenters. The molecule has 2 rings (SSSR count). The van der Waals surface area contributed by atoms with E-state index >= 15 is 0 Å². The molecule has 9 nitrogen and oxygen atoms in total. The summed E-state index contributed by atoms with van der Waals surface area (Å²) in [6, 6.07) is 3.81. The van der Waals surface area contributed by atoms with Gasteiger partial charge in [-0.25, -0.2) is 4.79 Å². The van der Waals surface area contributed by atoms with E-state index in [0.29, 0.717) is 32.0 Å². The molecule has 1 amide bonds. The molecule has 182 valence electrons. The molecule has 0 aliphatic carbocycles. The fraction of sp³-hybridized carbons (Fsp3) is 0.682. The Kier molecular flexibility index (Phi) is 13.5. The van der Waals surface area contributed by atoms with Crippen molar-refractivity contribution in [3.8, 4) is 0 Å². The van der Waals surface area contributed by atoms with Crippen LogP contribution in [0.5, 0.6) is 0 Å². The highest BCUT2D eigenvalue weighted by Crippen LogP contribution is 2.13. The van der Waals surface area contributed by atoms with Crippen molar-refractivity contribution >= 4 is 36.0 Å². The number of guanidine groups is 1. The molecule has 10 heteroatoms. The number of rotatable bonds is 10. The molecule has 1 fully saturated rings. The zero-order valence-electron chi connectivity index (χ0n) is 19.6. The van der Waals surface area contributed by atoms with Crippen LogP contribution in [0.2, 0.25) is 0 Å². The van der Waals surface area contributed by atoms with Crippen molar-refractivity contribution in [1.82, 2.24) is 20.1 Å². The van der Waals surface area contributed by atoms with Crippen LogP contribution in [0, 0.1) is 0 Å². The van der Waals surface area contributed by atoms with Crippen molar-refractivity contribution in [2.24, 2.45) is 10.7 Å². The maximum Gasteiger partial charge on any atom is 0.410 e. The van der Waals surface area contributed by atoms with Crippen molar-refractivity contribution in [2.45, 2.75) is 45.8 Å². The second-order valence-electron chi connectivity index (χ2n) is 8.62. The third-order valence-electron chi connectivity index (χ3n) is 4.68. The van der Waals surface area contributed by atoms with Gasteiger partial charge in [0, 0.05) is 45.1 Å².